The van der Waals surface area contributed by atoms with Crippen LogP contribution in [-0.2, 0) is 9.09 Å². The lowest BCUT2D eigenvalue weighted by molar-refractivity contribution is 0.102. The molecule has 1 aromatic rings. The third-order valence-electron chi connectivity index (χ3n) is 2.22. The zero-order chi connectivity index (χ0) is 12.9. The summed E-state index contributed by atoms with van der Waals surface area (Å²) in [6, 6.07) is 6.62. The van der Waals surface area contributed by atoms with Gasteiger partial charge in [-0.3, -0.25) is 9.36 Å². The highest BCUT2D eigenvalue weighted by Gasteiger charge is 2.32. The maximum absolute atomic E-state index is 11.8. The fraction of sp³-hybridized carbons (Fsp3) is 0.250. The predicted octanol–water partition coefficient (Wildman–Crippen LogP) is 2.91. The fourth-order valence-corrected chi connectivity index (χ4v) is 2.31. The Morgan fingerprint density at radius 2 is 2.18 bits per heavy atom. The van der Waals surface area contributed by atoms with Gasteiger partial charge in [0.25, 0.3) is 5.52 Å². The number of hydrogen-bond donors (Lipinski definition) is 1. The van der Waals surface area contributed by atoms with Crippen LogP contribution in [0.4, 0.5) is 0 Å². The Hall–Kier alpha value is -1.22. The number of hydrogen-bond acceptors (Lipinski definition) is 3. The summed E-state index contributed by atoms with van der Waals surface area (Å²) in [6.45, 7) is 5.18. The van der Waals surface area contributed by atoms with Crippen molar-refractivity contribution in [3.8, 4) is 0 Å². The number of carbonyl (C=O) groups is 1. The van der Waals surface area contributed by atoms with Gasteiger partial charge in [-0.25, -0.2) is 0 Å². The molecule has 0 heterocycles. The van der Waals surface area contributed by atoms with Gasteiger partial charge in [0.05, 0.1) is 6.61 Å². The van der Waals surface area contributed by atoms with Gasteiger partial charge >= 0.3 is 7.60 Å². The monoisotopic (exact) mass is 254 g/mol. The van der Waals surface area contributed by atoms with Crippen LogP contribution in [0.5, 0.6) is 0 Å². The van der Waals surface area contributed by atoms with Crippen LogP contribution < -0.4 is 0 Å². The first kappa shape index (κ1) is 13.8. The summed E-state index contributed by atoms with van der Waals surface area (Å²) in [4.78, 5) is 21.4. The van der Waals surface area contributed by atoms with Gasteiger partial charge in [-0.1, -0.05) is 30.3 Å². The zero-order valence-electron chi connectivity index (χ0n) is 9.63. The minimum atomic E-state index is -4.25. The van der Waals surface area contributed by atoms with Crippen LogP contribution in [0, 0.1) is 6.92 Å². The SMILES string of the molecule is C=CCCOP(=O)(O)C(=O)c1ccccc1C. The van der Waals surface area contributed by atoms with Gasteiger partial charge in [-0.05, 0) is 18.9 Å². The van der Waals surface area contributed by atoms with Gasteiger partial charge < -0.3 is 9.42 Å². The largest absolute Gasteiger partial charge is 0.399 e. The predicted molar refractivity (Wildman–Crippen MR) is 66.1 cm³/mol. The third-order valence-corrected chi connectivity index (χ3v) is 3.51. The molecule has 0 bridgehead atoms. The van der Waals surface area contributed by atoms with E-state index < -0.39 is 13.1 Å². The second-order valence-electron chi connectivity index (χ2n) is 3.55. The van der Waals surface area contributed by atoms with E-state index in [1.807, 2.05) is 0 Å². The zero-order valence-corrected chi connectivity index (χ0v) is 10.5. The van der Waals surface area contributed by atoms with E-state index in [9.17, 15) is 14.3 Å². The van der Waals surface area contributed by atoms with Gasteiger partial charge in [0.15, 0.2) is 0 Å². The van der Waals surface area contributed by atoms with Crippen LogP contribution in [0.3, 0.4) is 0 Å². The third kappa shape index (κ3) is 3.63. The summed E-state index contributed by atoms with van der Waals surface area (Å²) in [5.41, 5.74) is 0.00990. The minimum absolute atomic E-state index is 0.00883. The first-order valence-corrected chi connectivity index (χ1v) is 6.75. The number of rotatable bonds is 6. The Labute approximate surface area is 100 Å². The molecule has 4 nitrogen and oxygen atoms in total. The van der Waals surface area contributed by atoms with Crippen LogP contribution >= 0.6 is 7.60 Å². The molecular weight excluding hydrogens is 239 g/mol. The molecule has 1 N–H and O–H groups in total. The molecule has 1 aromatic carbocycles. The Morgan fingerprint density at radius 1 is 1.53 bits per heavy atom. The van der Waals surface area contributed by atoms with E-state index in [1.54, 1.807) is 31.2 Å². The summed E-state index contributed by atoms with van der Waals surface area (Å²) in [5, 5.41) is 0. The maximum atomic E-state index is 11.8. The highest BCUT2D eigenvalue weighted by atomic mass is 31.2. The van der Waals surface area contributed by atoms with E-state index in [-0.39, 0.29) is 12.2 Å². The molecule has 17 heavy (non-hydrogen) atoms. The first-order valence-electron chi connectivity index (χ1n) is 5.18. The standard InChI is InChI=1S/C12H15O4P/c1-3-4-9-16-17(14,15)12(13)11-8-6-5-7-10(11)2/h3,5-8H,1,4,9H2,2H3,(H,14,15). The fourth-order valence-electron chi connectivity index (χ4n) is 1.28. The van der Waals surface area contributed by atoms with Crippen LogP contribution in [-0.4, -0.2) is 17.0 Å². The Kier molecular flexibility index (Phi) is 4.82. The van der Waals surface area contributed by atoms with E-state index in [4.69, 9.17) is 4.52 Å². The summed E-state index contributed by atoms with van der Waals surface area (Å²) in [7, 11) is -4.25. The second-order valence-corrected chi connectivity index (χ2v) is 5.26. The van der Waals surface area contributed by atoms with Gasteiger partial charge in [0.1, 0.15) is 0 Å². The molecule has 0 aromatic heterocycles. The van der Waals surface area contributed by atoms with Crippen LogP contribution in [0.1, 0.15) is 22.3 Å². The number of benzene rings is 1. The number of aryl methyl sites for hydroxylation is 1. The van der Waals surface area contributed by atoms with Gasteiger partial charge in [0.2, 0.25) is 0 Å². The summed E-state index contributed by atoms with van der Waals surface area (Å²) in [6.07, 6.45) is 1.98. The lowest BCUT2D eigenvalue weighted by Gasteiger charge is -2.11. The topological polar surface area (TPSA) is 63.6 Å². The van der Waals surface area contributed by atoms with E-state index in [1.165, 1.54) is 6.07 Å². The molecule has 5 heteroatoms. The van der Waals surface area contributed by atoms with Crippen molar-refractivity contribution in [2.24, 2.45) is 0 Å². The van der Waals surface area contributed by atoms with Crippen molar-refractivity contribution in [2.45, 2.75) is 13.3 Å². The average molecular weight is 254 g/mol. The van der Waals surface area contributed by atoms with E-state index in [0.29, 0.717) is 12.0 Å². The molecular formula is C12H15O4P. The van der Waals surface area contributed by atoms with Gasteiger partial charge in [-0.15, -0.1) is 6.58 Å². The molecule has 92 valence electrons. The van der Waals surface area contributed by atoms with Crippen molar-refractivity contribution in [1.82, 2.24) is 0 Å². The number of carbonyl (C=O) groups excluding carboxylic acids is 1. The Balaban J connectivity index is 2.85. The molecule has 0 aliphatic carbocycles. The normalized spacial score (nSPS) is 14.0. The molecule has 0 amide bonds. The molecule has 1 rings (SSSR count). The van der Waals surface area contributed by atoms with Gasteiger partial charge in [0, 0.05) is 5.56 Å². The molecule has 0 saturated carbocycles. The minimum Gasteiger partial charge on any atom is -0.319 e. The molecule has 1 unspecified atom stereocenters. The highest BCUT2D eigenvalue weighted by molar-refractivity contribution is 7.71. The molecule has 1 atom stereocenters. The van der Waals surface area contributed by atoms with Crippen LogP contribution in [0.15, 0.2) is 36.9 Å². The van der Waals surface area contributed by atoms with E-state index in [2.05, 4.69) is 6.58 Å². The van der Waals surface area contributed by atoms with Crippen molar-refractivity contribution in [3.63, 3.8) is 0 Å². The lowest BCUT2D eigenvalue weighted by Crippen LogP contribution is -2.06. The average Bonchev–Trinajstić information content (AvgIpc) is 2.29. The molecule has 0 aliphatic rings. The van der Waals surface area contributed by atoms with Crippen molar-refractivity contribution < 1.29 is 18.8 Å². The summed E-state index contributed by atoms with van der Waals surface area (Å²) < 4.78 is 16.4. The highest BCUT2D eigenvalue weighted by Crippen LogP contribution is 2.46. The molecule has 0 fully saturated rings. The summed E-state index contributed by atoms with van der Waals surface area (Å²) >= 11 is 0. The molecule has 0 saturated heterocycles. The van der Waals surface area contributed by atoms with Crippen molar-refractivity contribution >= 4 is 13.1 Å². The van der Waals surface area contributed by atoms with Crippen LogP contribution in [0.2, 0.25) is 0 Å². The van der Waals surface area contributed by atoms with Crippen LogP contribution in [0.25, 0.3) is 0 Å². The van der Waals surface area contributed by atoms with Crippen molar-refractivity contribution in [2.75, 3.05) is 6.61 Å². The lowest BCUT2D eigenvalue weighted by atomic mass is 10.1. The summed E-state index contributed by atoms with van der Waals surface area (Å²) in [5.74, 6) is 0. The van der Waals surface area contributed by atoms with E-state index in [0.717, 1.165) is 0 Å². The smallest absolute Gasteiger partial charge is 0.319 e. The Bertz CT molecular complexity index is 467. The Morgan fingerprint density at radius 3 is 2.76 bits per heavy atom. The maximum Gasteiger partial charge on any atom is 0.399 e. The second kappa shape index (κ2) is 5.92. The first-order chi connectivity index (χ1) is 7.99. The van der Waals surface area contributed by atoms with E-state index >= 15 is 0 Å². The van der Waals surface area contributed by atoms with Gasteiger partial charge in [-0.2, -0.15) is 0 Å². The molecule has 0 spiro atoms. The molecule has 0 aliphatic heterocycles. The van der Waals surface area contributed by atoms with Crippen molar-refractivity contribution in [1.29, 1.82) is 0 Å². The van der Waals surface area contributed by atoms with Crippen molar-refractivity contribution in [3.05, 3.63) is 48.0 Å². The molecule has 0 radical (unpaired) electrons. The quantitative estimate of drug-likeness (QED) is 0.481.